The summed E-state index contributed by atoms with van der Waals surface area (Å²) in [6.07, 6.45) is -0.651. The smallest absolute Gasteiger partial charge is 0.410 e. The summed E-state index contributed by atoms with van der Waals surface area (Å²) in [6, 6.07) is -0.618. The predicted octanol–water partition coefficient (Wildman–Crippen LogP) is 0.744. The van der Waals surface area contributed by atoms with Crippen molar-refractivity contribution in [2.45, 2.75) is 45.8 Å². The van der Waals surface area contributed by atoms with E-state index in [1.54, 1.807) is 20.8 Å². The largest absolute Gasteiger partial charge is 0.444 e. The van der Waals surface area contributed by atoms with Crippen molar-refractivity contribution in [3.8, 4) is 0 Å². The summed E-state index contributed by atoms with van der Waals surface area (Å²) < 4.78 is 5.28. The van der Waals surface area contributed by atoms with Gasteiger partial charge in [-0.15, -0.1) is 0 Å². The van der Waals surface area contributed by atoms with Crippen LogP contribution in [0.25, 0.3) is 0 Å². The molecule has 1 heterocycles. The van der Waals surface area contributed by atoms with Crippen LogP contribution in [0.15, 0.2) is 0 Å². The molecule has 1 amide bonds. The first-order chi connectivity index (χ1) is 8.70. The fourth-order valence-electron chi connectivity index (χ4n) is 1.89. The number of ketones is 2. The zero-order chi connectivity index (χ0) is 14.6. The lowest BCUT2D eigenvalue weighted by molar-refractivity contribution is -0.129. The number of ether oxygens (including phenoxy) is 1. The third-order valence-corrected chi connectivity index (χ3v) is 2.67. The number of nitrogens with zero attached hydrogens (tertiary/aromatic N) is 1. The van der Waals surface area contributed by atoms with E-state index >= 15 is 0 Å². The van der Waals surface area contributed by atoms with Gasteiger partial charge in [0.05, 0.1) is 6.42 Å². The van der Waals surface area contributed by atoms with E-state index in [-0.39, 0.29) is 18.0 Å². The summed E-state index contributed by atoms with van der Waals surface area (Å²) in [4.78, 5) is 36.5. The normalized spacial score (nSPS) is 20.0. The average molecular weight is 270 g/mol. The second-order valence-electron chi connectivity index (χ2n) is 5.74. The van der Waals surface area contributed by atoms with E-state index in [0.29, 0.717) is 19.6 Å². The van der Waals surface area contributed by atoms with Gasteiger partial charge in [-0.2, -0.15) is 0 Å². The Morgan fingerprint density at radius 2 is 1.95 bits per heavy atom. The highest BCUT2D eigenvalue weighted by molar-refractivity contribution is 6.01. The summed E-state index contributed by atoms with van der Waals surface area (Å²) in [6.45, 7) is 8.09. The molecule has 1 N–H and O–H groups in total. The molecule has 6 heteroatoms. The van der Waals surface area contributed by atoms with E-state index in [0.717, 1.165) is 0 Å². The van der Waals surface area contributed by atoms with Crippen molar-refractivity contribution < 1.29 is 19.1 Å². The first kappa shape index (κ1) is 15.6. The maximum absolute atomic E-state index is 12.1. The molecule has 1 atom stereocenters. The van der Waals surface area contributed by atoms with Gasteiger partial charge < -0.3 is 10.1 Å². The Bertz CT molecular complexity index is 373. The monoisotopic (exact) mass is 270 g/mol. The quantitative estimate of drug-likeness (QED) is 0.766. The number of amides is 1. The molecule has 19 heavy (non-hydrogen) atoms. The van der Waals surface area contributed by atoms with Crippen LogP contribution in [0.4, 0.5) is 4.79 Å². The zero-order valence-corrected chi connectivity index (χ0v) is 12.0. The Morgan fingerprint density at radius 1 is 1.32 bits per heavy atom. The standard InChI is InChI=1S/C13H22N2O4/c1-9(16)7-11(17)10-8-14-5-6-15(10)12(18)19-13(2,3)4/h10,14H,5-8H2,1-4H3. The molecule has 1 unspecified atom stereocenters. The van der Waals surface area contributed by atoms with Crippen molar-refractivity contribution in [1.82, 2.24) is 10.2 Å². The molecule has 0 spiro atoms. The summed E-state index contributed by atoms with van der Waals surface area (Å²) in [7, 11) is 0. The first-order valence-electron chi connectivity index (χ1n) is 6.43. The summed E-state index contributed by atoms with van der Waals surface area (Å²) in [5, 5.41) is 3.06. The van der Waals surface area contributed by atoms with E-state index in [4.69, 9.17) is 4.74 Å². The molecule has 0 aromatic carbocycles. The minimum absolute atomic E-state index is 0.147. The SMILES string of the molecule is CC(=O)CC(=O)C1CNCCN1C(=O)OC(C)(C)C. The first-order valence-corrected chi connectivity index (χ1v) is 6.43. The van der Waals surface area contributed by atoms with E-state index in [1.807, 2.05) is 0 Å². The van der Waals surface area contributed by atoms with Crippen molar-refractivity contribution in [2.24, 2.45) is 0 Å². The van der Waals surface area contributed by atoms with Crippen LogP contribution in [0, 0.1) is 0 Å². The van der Waals surface area contributed by atoms with E-state index < -0.39 is 17.7 Å². The highest BCUT2D eigenvalue weighted by Gasteiger charge is 2.34. The molecule has 0 bridgehead atoms. The molecule has 1 fully saturated rings. The number of Topliss-reactive ketones (excluding diaryl/α,β-unsaturated/α-hetero) is 2. The third kappa shape index (κ3) is 4.98. The summed E-state index contributed by atoms with van der Waals surface area (Å²) in [5.41, 5.74) is -0.601. The van der Waals surface area contributed by atoms with Crippen LogP contribution < -0.4 is 5.32 Å². The minimum atomic E-state index is -0.618. The topological polar surface area (TPSA) is 75.7 Å². The maximum Gasteiger partial charge on any atom is 0.410 e. The molecular weight excluding hydrogens is 248 g/mol. The van der Waals surface area contributed by atoms with Crippen LogP contribution in [0.5, 0.6) is 0 Å². The molecular formula is C13H22N2O4. The van der Waals surface area contributed by atoms with Crippen molar-refractivity contribution >= 4 is 17.7 Å². The van der Waals surface area contributed by atoms with Crippen LogP contribution >= 0.6 is 0 Å². The third-order valence-electron chi connectivity index (χ3n) is 2.67. The summed E-state index contributed by atoms with van der Waals surface area (Å²) >= 11 is 0. The van der Waals surface area contributed by atoms with Crippen LogP contribution in [-0.4, -0.2) is 53.8 Å². The van der Waals surface area contributed by atoms with Gasteiger partial charge in [0.1, 0.15) is 17.4 Å². The zero-order valence-electron chi connectivity index (χ0n) is 12.0. The number of hydrogen-bond donors (Lipinski definition) is 1. The fourth-order valence-corrected chi connectivity index (χ4v) is 1.89. The summed E-state index contributed by atoms with van der Waals surface area (Å²) in [5.74, 6) is -0.440. The molecule has 6 nitrogen and oxygen atoms in total. The van der Waals surface area contributed by atoms with Gasteiger partial charge in [0, 0.05) is 19.6 Å². The molecule has 1 aliphatic rings. The number of hydrogen-bond acceptors (Lipinski definition) is 5. The van der Waals surface area contributed by atoms with Crippen molar-refractivity contribution in [2.75, 3.05) is 19.6 Å². The average Bonchev–Trinajstić information content (AvgIpc) is 2.25. The van der Waals surface area contributed by atoms with Crippen LogP contribution in [0.3, 0.4) is 0 Å². The van der Waals surface area contributed by atoms with Gasteiger partial charge in [-0.25, -0.2) is 4.79 Å². The lowest BCUT2D eigenvalue weighted by Crippen LogP contribution is -2.58. The Morgan fingerprint density at radius 3 is 2.47 bits per heavy atom. The molecule has 0 aliphatic carbocycles. The van der Waals surface area contributed by atoms with E-state index in [9.17, 15) is 14.4 Å². The Kier molecular flexibility index (Phi) is 5.05. The van der Waals surface area contributed by atoms with Crippen molar-refractivity contribution in [3.63, 3.8) is 0 Å². The molecule has 1 rings (SSSR count). The van der Waals surface area contributed by atoms with Gasteiger partial charge in [-0.1, -0.05) is 0 Å². The molecule has 0 radical (unpaired) electrons. The second-order valence-corrected chi connectivity index (χ2v) is 5.74. The lowest BCUT2D eigenvalue weighted by Gasteiger charge is -2.36. The van der Waals surface area contributed by atoms with Crippen molar-refractivity contribution in [1.29, 1.82) is 0 Å². The van der Waals surface area contributed by atoms with Gasteiger partial charge in [-0.05, 0) is 27.7 Å². The molecule has 0 aromatic heterocycles. The molecule has 1 saturated heterocycles. The van der Waals surface area contributed by atoms with Crippen LogP contribution in [0.2, 0.25) is 0 Å². The Hall–Kier alpha value is -1.43. The fraction of sp³-hybridized carbons (Fsp3) is 0.769. The molecule has 0 saturated carbocycles. The second kappa shape index (κ2) is 6.14. The van der Waals surface area contributed by atoms with E-state index in [2.05, 4.69) is 5.32 Å². The highest BCUT2D eigenvalue weighted by Crippen LogP contribution is 2.14. The van der Waals surface area contributed by atoms with Gasteiger partial charge in [0.15, 0.2) is 5.78 Å². The Labute approximate surface area is 113 Å². The minimum Gasteiger partial charge on any atom is -0.444 e. The van der Waals surface area contributed by atoms with Crippen LogP contribution in [0.1, 0.15) is 34.1 Å². The van der Waals surface area contributed by atoms with Gasteiger partial charge >= 0.3 is 6.09 Å². The number of carbonyl (C=O) groups excluding carboxylic acids is 3. The number of nitrogens with one attached hydrogen (secondary N) is 1. The Balaban J connectivity index is 2.74. The highest BCUT2D eigenvalue weighted by atomic mass is 16.6. The van der Waals surface area contributed by atoms with Gasteiger partial charge in [0.25, 0.3) is 0 Å². The van der Waals surface area contributed by atoms with Crippen LogP contribution in [-0.2, 0) is 14.3 Å². The number of piperazine rings is 1. The molecule has 108 valence electrons. The number of rotatable bonds is 3. The maximum atomic E-state index is 12.1. The van der Waals surface area contributed by atoms with Gasteiger partial charge in [0.2, 0.25) is 0 Å². The van der Waals surface area contributed by atoms with Gasteiger partial charge in [-0.3, -0.25) is 14.5 Å². The predicted molar refractivity (Wildman–Crippen MR) is 69.9 cm³/mol. The molecule has 0 aromatic rings. The van der Waals surface area contributed by atoms with Crippen molar-refractivity contribution in [3.05, 3.63) is 0 Å². The lowest BCUT2D eigenvalue weighted by atomic mass is 10.0. The molecule has 1 aliphatic heterocycles. The number of carbonyl (C=O) groups is 3. The van der Waals surface area contributed by atoms with E-state index in [1.165, 1.54) is 11.8 Å².